The van der Waals surface area contributed by atoms with Crippen molar-refractivity contribution in [2.75, 3.05) is 41.1 Å². The van der Waals surface area contributed by atoms with Gasteiger partial charge in [-0.1, -0.05) is 30.7 Å². The van der Waals surface area contributed by atoms with Gasteiger partial charge in [0.2, 0.25) is 15.9 Å². The highest BCUT2D eigenvalue weighted by molar-refractivity contribution is 7.94. The van der Waals surface area contributed by atoms with E-state index < -0.39 is 21.8 Å². The fourth-order valence-corrected chi connectivity index (χ4v) is 6.36. The third-order valence-corrected chi connectivity index (χ3v) is 8.43. The molecule has 0 spiro atoms. The van der Waals surface area contributed by atoms with Crippen molar-refractivity contribution in [1.29, 1.82) is 0 Å². The second-order valence-corrected chi connectivity index (χ2v) is 10.7. The Morgan fingerprint density at radius 1 is 1.03 bits per heavy atom. The number of carbonyl (C=O) groups is 2. The Balaban J connectivity index is 1.53. The van der Waals surface area contributed by atoms with Crippen LogP contribution >= 0.6 is 11.6 Å². The average Bonchev–Trinajstić information content (AvgIpc) is 2.96. The molecule has 0 saturated carbocycles. The molecule has 2 heterocycles. The lowest BCUT2D eigenvalue weighted by atomic mass is 10.1. The zero-order chi connectivity index (χ0) is 23.2. The molecule has 0 aromatic heterocycles. The van der Waals surface area contributed by atoms with E-state index in [-0.39, 0.29) is 22.4 Å². The first-order valence-corrected chi connectivity index (χ1v) is 12.6. The van der Waals surface area contributed by atoms with Gasteiger partial charge in [0.1, 0.15) is 0 Å². The molecule has 0 bridgehead atoms. The first-order chi connectivity index (χ1) is 15.1. The van der Waals surface area contributed by atoms with Gasteiger partial charge in [-0.05, 0) is 49.2 Å². The summed E-state index contributed by atoms with van der Waals surface area (Å²) in [6, 6.07) is 10.7. The molecule has 0 radical (unpaired) electrons. The van der Waals surface area contributed by atoms with Crippen molar-refractivity contribution in [1.82, 2.24) is 4.90 Å². The van der Waals surface area contributed by atoms with Crippen LogP contribution in [0.25, 0.3) is 0 Å². The quantitative estimate of drug-likeness (QED) is 0.681. The minimum absolute atomic E-state index is 0.0425. The molecule has 9 heteroatoms. The second kappa shape index (κ2) is 8.41. The van der Waals surface area contributed by atoms with Gasteiger partial charge in [0.25, 0.3) is 5.91 Å². The zero-order valence-electron chi connectivity index (χ0n) is 18.3. The smallest absolute Gasteiger partial charge is 0.254 e. The van der Waals surface area contributed by atoms with Crippen molar-refractivity contribution in [2.45, 2.75) is 20.8 Å². The fourth-order valence-electron chi connectivity index (χ4n) is 4.28. The fraction of sp³-hybridized carbons (Fsp3) is 0.391. The number of rotatable bonds is 3. The Morgan fingerprint density at radius 2 is 1.72 bits per heavy atom. The standard InChI is InChI=1S/C23H26ClN3O4S/c1-15-5-4-6-20(17(15)3)25-9-11-26(12-10-25)23(29)18-7-8-19(24)21(13-18)27-22(28)16(2)14-32(27,30)31/h4-8,13,16H,9-12,14H2,1-3H3. The van der Waals surface area contributed by atoms with E-state index >= 15 is 0 Å². The molecule has 0 N–H and O–H groups in total. The Bertz CT molecular complexity index is 1190. The number of nitrogens with zero attached hydrogens (tertiary/aromatic N) is 3. The second-order valence-electron chi connectivity index (χ2n) is 8.45. The maximum Gasteiger partial charge on any atom is 0.254 e. The lowest BCUT2D eigenvalue weighted by Gasteiger charge is -2.37. The van der Waals surface area contributed by atoms with Gasteiger partial charge in [-0.3, -0.25) is 9.59 Å². The number of hydrogen-bond acceptors (Lipinski definition) is 5. The maximum absolute atomic E-state index is 13.2. The van der Waals surface area contributed by atoms with Crippen molar-refractivity contribution < 1.29 is 18.0 Å². The largest absolute Gasteiger partial charge is 0.368 e. The van der Waals surface area contributed by atoms with Crippen molar-refractivity contribution >= 4 is 44.8 Å². The lowest BCUT2D eigenvalue weighted by molar-refractivity contribution is -0.119. The van der Waals surface area contributed by atoms with Gasteiger partial charge in [0, 0.05) is 37.4 Å². The number of halogens is 1. The van der Waals surface area contributed by atoms with Gasteiger partial charge >= 0.3 is 0 Å². The van der Waals surface area contributed by atoms with Gasteiger partial charge < -0.3 is 9.80 Å². The Hall–Kier alpha value is -2.58. The van der Waals surface area contributed by atoms with Crippen LogP contribution in [0.1, 0.15) is 28.4 Å². The topological polar surface area (TPSA) is 78.0 Å². The molecule has 2 saturated heterocycles. The third-order valence-electron chi connectivity index (χ3n) is 6.26. The summed E-state index contributed by atoms with van der Waals surface area (Å²) in [6.07, 6.45) is 0. The van der Waals surface area contributed by atoms with E-state index in [1.165, 1.54) is 28.9 Å². The lowest BCUT2D eigenvalue weighted by Crippen LogP contribution is -2.49. The monoisotopic (exact) mass is 475 g/mol. The highest BCUT2D eigenvalue weighted by Gasteiger charge is 2.43. The normalized spacial score (nSPS) is 20.7. The zero-order valence-corrected chi connectivity index (χ0v) is 19.9. The predicted octanol–water partition coefficient (Wildman–Crippen LogP) is 3.23. The van der Waals surface area contributed by atoms with Crippen molar-refractivity contribution in [3.8, 4) is 0 Å². The van der Waals surface area contributed by atoms with Crippen LogP contribution < -0.4 is 9.21 Å². The van der Waals surface area contributed by atoms with Crippen LogP contribution in [0.5, 0.6) is 0 Å². The third kappa shape index (κ3) is 3.97. The number of carbonyl (C=O) groups excluding carboxylic acids is 2. The van der Waals surface area contributed by atoms with Crippen LogP contribution in [0.3, 0.4) is 0 Å². The molecule has 1 unspecified atom stereocenters. The summed E-state index contributed by atoms with van der Waals surface area (Å²) in [4.78, 5) is 29.6. The molecule has 2 aromatic carbocycles. The first-order valence-electron chi connectivity index (χ1n) is 10.6. The van der Waals surface area contributed by atoms with Crippen molar-refractivity contribution in [3.05, 3.63) is 58.1 Å². The van der Waals surface area contributed by atoms with Crippen molar-refractivity contribution in [2.24, 2.45) is 5.92 Å². The Kier molecular flexibility index (Phi) is 5.94. The van der Waals surface area contributed by atoms with E-state index in [2.05, 4.69) is 30.9 Å². The molecule has 0 aliphatic carbocycles. The number of piperazine rings is 1. The molecule has 2 fully saturated rings. The molecular weight excluding hydrogens is 450 g/mol. The molecule has 2 aromatic rings. The van der Waals surface area contributed by atoms with E-state index in [4.69, 9.17) is 11.6 Å². The van der Waals surface area contributed by atoms with Gasteiger partial charge in [0.15, 0.2) is 0 Å². The first kappa shape index (κ1) is 22.6. The molecule has 4 rings (SSSR count). The van der Waals surface area contributed by atoms with Crippen LogP contribution in [0.15, 0.2) is 36.4 Å². The summed E-state index contributed by atoms with van der Waals surface area (Å²) in [5.41, 5.74) is 4.00. The van der Waals surface area contributed by atoms with Crippen molar-refractivity contribution in [3.63, 3.8) is 0 Å². The van der Waals surface area contributed by atoms with Crippen LogP contribution in [-0.4, -0.2) is 57.1 Å². The predicted molar refractivity (Wildman–Crippen MR) is 126 cm³/mol. The molecule has 1 atom stereocenters. The number of amides is 2. The van der Waals surface area contributed by atoms with Gasteiger partial charge in [-0.2, -0.15) is 0 Å². The van der Waals surface area contributed by atoms with E-state index in [1.54, 1.807) is 17.9 Å². The van der Waals surface area contributed by atoms with Crippen LogP contribution in [0.4, 0.5) is 11.4 Å². The molecule has 170 valence electrons. The van der Waals surface area contributed by atoms with Crippen LogP contribution in [-0.2, 0) is 14.8 Å². The summed E-state index contributed by atoms with van der Waals surface area (Å²) in [6.45, 7) is 8.25. The Morgan fingerprint density at radius 3 is 2.34 bits per heavy atom. The average molecular weight is 476 g/mol. The van der Waals surface area contributed by atoms with Gasteiger partial charge in [-0.15, -0.1) is 0 Å². The molecular formula is C23H26ClN3O4S. The molecule has 7 nitrogen and oxygen atoms in total. The molecule has 32 heavy (non-hydrogen) atoms. The van der Waals surface area contributed by atoms with E-state index in [1.807, 2.05) is 6.07 Å². The SMILES string of the molecule is Cc1cccc(N2CCN(C(=O)c3ccc(Cl)c(N4C(=O)C(C)CS4(=O)=O)c3)CC2)c1C. The summed E-state index contributed by atoms with van der Waals surface area (Å²) in [7, 11) is -3.81. The van der Waals surface area contributed by atoms with Crippen LogP contribution in [0, 0.1) is 19.8 Å². The minimum Gasteiger partial charge on any atom is -0.368 e. The van der Waals surface area contributed by atoms with Gasteiger partial charge in [-0.25, -0.2) is 12.7 Å². The van der Waals surface area contributed by atoms with Crippen LogP contribution in [0.2, 0.25) is 5.02 Å². The highest BCUT2D eigenvalue weighted by Crippen LogP contribution is 2.35. The van der Waals surface area contributed by atoms with E-state index in [0.717, 1.165) is 4.31 Å². The summed E-state index contributed by atoms with van der Waals surface area (Å²) < 4.78 is 25.7. The molecule has 2 amide bonds. The number of aryl methyl sites for hydroxylation is 1. The molecule has 2 aliphatic rings. The highest BCUT2D eigenvalue weighted by atomic mass is 35.5. The summed E-state index contributed by atoms with van der Waals surface area (Å²) in [5, 5.41) is 0.118. The number of benzene rings is 2. The maximum atomic E-state index is 13.2. The number of sulfonamides is 1. The number of anilines is 2. The Labute approximate surface area is 193 Å². The summed E-state index contributed by atoms with van der Waals surface area (Å²) >= 11 is 6.23. The van der Waals surface area contributed by atoms with E-state index in [0.29, 0.717) is 31.7 Å². The van der Waals surface area contributed by atoms with Gasteiger partial charge in [0.05, 0.1) is 22.4 Å². The summed E-state index contributed by atoms with van der Waals surface area (Å²) in [5.74, 6) is -1.64. The van der Waals surface area contributed by atoms with E-state index in [9.17, 15) is 18.0 Å². The number of hydrogen-bond donors (Lipinski definition) is 0. The minimum atomic E-state index is -3.81. The molecule has 2 aliphatic heterocycles.